The van der Waals surface area contributed by atoms with E-state index in [2.05, 4.69) is 17.3 Å². The van der Waals surface area contributed by atoms with Crippen molar-refractivity contribution in [1.29, 1.82) is 0 Å². The summed E-state index contributed by atoms with van der Waals surface area (Å²) in [6, 6.07) is 8.34. The van der Waals surface area contributed by atoms with E-state index in [-0.39, 0.29) is 5.91 Å². The Morgan fingerprint density at radius 2 is 2.00 bits per heavy atom. The van der Waals surface area contributed by atoms with Gasteiger partial charge in [0.2, 0.25) is 5.91 Å². The molecule has 1 saturated heterocycles. The van der Waals surface area contributed by atoms with Crippen LogP contribution < -0.4 is 10.2 Å². The Labute approximate surface area is 121 Å². The lowest BCUT2D eigenvalue weighted by Gasteiger charge is -2.31. The van der Waals surface area contributed by atoms with E-state index in [0.717, 1.165) is 24.3 Å². The van der Waals surface area contributed by atoms with Crippen LogP contribution in [0.4, 0.5) is 11.4 Å². The maximum atomic E-state index is 12.1. The molecule has 4 heteroatoms. The second kappa shape index (κ2) is 6.75. The van der Waals surface area contributed by atoms with Gasteiger partial charge >= 0.3 is 0 Å². The molecule has 1 unspecified atom stereocenters. The first-order valence-corrected chi connectivity index (χ1v) is 7.34. The van der Waals surface area contributed by atoms with E-state index in [0.29, 0.717) is 12.5 Å². The second-order valence-corrected chi connectivity index (χ2v) is 5.82. The summed E-state index contributed by atoms with van der Waals surface area (Å²) in [4.78, 5) is 16.4. The number of carbonyl (C=O) groups is 1. The molecule has 1 heterocycles. The number of anilines is 2. The van der Waals surface area contributed by atoms with Gasteiger partial charge in [0.15, 0.2) is 0 Å². The number of hydrogen-bond acceptors (Lipinski definition) is 3. The Bertz CT molecular complexity index is 442. The van der Waals surface area contributed by atoms with E-state index >= 15 is 0 Å². The van der Waals surface area contributed by atoms with E-state index in [1.54, 1.807) is 0 Å². The van der Waals surface area contributed by atoms with Crippen molar-refractivity contribution in [2.45, 2.75) is 31.7 Å². The Hall–Kier alpha value is -1.55. The van der Waals surface area contributed by atoms with Gasteiger partial charge in [0, 0.05) is 37.9 Å². The molecule has 1 aromatic rings. The van der Waals surface area contributed by atoms with Crippen molar-refractivity contribution in [3.63, 3.8) is 0 Å². The maximum absolute atomic E-state index is 12.1. The molecule has 1 aliphatic heterocycles. The van der Waals surface area contributed by atoms with Crippen molar-refractivity contribution in [3.8, 4) is 0 Å². The molecule has 1 aliphatic rings. The van der Waals surface area contributed by atoms with Crippen molar-refractivity contribution in [3.05, 3.63) is 24.3 Å². The fourth-order valence-corrected chi connectivity index (χ4v) is 2.67. The Morgan fingerprint density at radius 1 is 1.30 bits per heavy atom. The third-order valence-corrected chi connectivity index (χ3v) is 4.01. The lowest BCUT2D eigenvalue weighted by atomic mass is 10.00. The third-order valence-electron chi connectivity index (χ3n) is 4.01. The molecule has 0 spiro atoms. The highest BCUT2D eigenvalue weighted by molar-refractivity contribution is 5.91. The fourth-order valence-electron chi connectivity index (χ4n) is 2.67. The summed E-state index contributed by atoms with van der Waals surface area (Å²) in [7, 11) is 6.13. The van der Waals surface area contributed by atoms with Crippen molar-refractivity contribution >= 4 is 17.3 Å². The smallest absolute Gasteiger partial charge is 0.225 e. The number of benzene rings is 1. The number of amides is 1. The zero-order chi connectivity index (χ0) is 14.5. The van der Waals surface area contributed by atoms with Crippen LogP contribution in [0, 0.1) is 0 Å². The number of piperidine rings is 1. The van der Waals surface area contributed by atoms with Crippen LogP contribution in [-0.2, 0) is 4.79 Å². The predicted octanol–water partition coefficient (Wildman–Crippen LogP) is 2.57. The van der Waals surface area contributed by atoms with Crippen LogP contribution in [0.25, 0.3) is 0 Å². The predicted molar refractivity (Wildman–Crippen MR) is 84.3 cm³/mol. The summed E-state index contributed by atoms with van der Waals surface area (Å²) in [5.74, 6) is 0.112. The normalized spacial score (nSPS) is 19.6. The van der Waals surface area contributed by atoms with Crippen LogP contribution in [0.15, 0.2) is 24.3 Å². The van der Waals surface area contributed by atoms with Gasteiger partial charge in [-0.05, 0) is 50.7 Å². The quantitative estimate of drug-likeness (QED) is 0.917. The minimum absolute atomic E-state index is 0.112. The van der Waals surface area contributed by atoms with Gasteiger partial charge in [-0.1, -0.05) is 6.42 Å². The molecule has 0 aliphatic carbocycles. The highest BCUT2D eigenvalue weighted by Gasteiger charge is 2.21. The lowest BCUT2D eigenvalue weighted by Crippen LogP contribution is -2.38. The van der Waals surface area contributed by atoms with E-state index in [1.165, 1.54) is 12.8 Å². The Kier molecular flexibility index (Phi) is 5.01. The van der Waals surface area contributed by atoms with E-state index in [9.17, 15) is 4.79 Å². The van der Waals surface area contributed by atoms with Crippen LogP contribution in [0.2, 0.25) is 0 Å². The number of nitrogens with zero attached hydrogens (tertiary/aromatic N) is 2. The molecule has 1 amide bonds. The number of carbonyl (C=O) groups excluding carboxylic acids is 1. The van der Waals surface area contributed by atoms with Crippen molar-refractivity contribution in [2.75, 3.05) is 37.9 Å². The highest BCUT2D eigenvalue weighted by Crippen LogP contribution is 2.19. The average molecular weight is 275 g/mol. The van der Waals surface area contributed by atoms with Gasteiger partial charge < -0.3 is 15.1 Å². The molecular formula is C16H25N3O. The highest BCUT2D eigenvalue weighted by atomic mass is 16.1. The molecule has 110 valence electrons. The largest absolute Gasteiger partial charge is 0.378 e. The molecule has 1 N–H and O–H groups in total. The van der Waals surface area contributed by atoms with Crippen LogP contribution in [0.5, 0.6) is 0 Å². The standard InChI is InChI=1S/C16H25N3O/c1-18(2)14-9-7-13(8-10-14)17-16(20)12-15-6-4-5-11-19(15)3/h7-10,15H,4-6,11-12H2,1-3H3,(H,17,20). The maximum Gasteiger partial charge on any atom is 0.225 e. The van der Waals surface area contributed by atoms with Crippen molar-refractivity contribution in [1.82, 2.24) is 4.90 Å². The van der Waals surface area contributed by atoms with Gasteiger partial charge in [-0.2, -0.15) is 0 Å². The van der Waals surface area contributed by atoms with Gasteiger partial charge in [0.05, 0.1) is 0 Å². The molecule has 0 saturated carbocycles. The first-order chi connectivity index (χ1) is 9.56. The minimum atomic E-state index is 0.112. The molecule has 1 atom stereocenters. The van der Waals surface area contributed by atoms with Crippen LogP contribution in [0.1, 0.15) is 25.7 Å². The first-order valence-electron chi connectivity index (χ1n) is 7.34. The number of hydrogen-bond donors (Lipinski definition) is 1. The fraction of sp³-hybridized carbons (Fsp3) is 0.562. The van der Waals surface area contributed by atoms with Gasteiger partial charge in [-0.3, -0.25) is 4.79 Å². The SMILES string of the molecule is CN(C)c1ccc(NC(=O)CC2CCCCN2C)cc1. The van der Waals surface area contributed by atoms with Crippen LogP contribution in [0.3, 0.4) is 0 Å². The molecule has 0 aromatic heterocycles. The van der Waals surface area contributed by atoms with Gasteiger partial charge in [-0.25, -0.2) is 0 Å². The molecule has 0 bridgehead atoms. The summed E-state index contributed by atoms with van der Waals surface area (Å²) >= 11 is 0. The molecular weight excluding hydrogens is 250 g/mol. The van der Waals surface area contributed by atoms with Crippen molar-refractivity contribution < 1.29 is 4.79 Å². The van der Waals surface area contributed by atoms with Gasteiger partial charge in [-0.15, -0.1) is 0 Å². The molecule has 4 nitrogen and oxygen atoms in total. The van der Waals surface area contributed by atoms with E-state index < -0.39 is 0 Å². The molecule has 2 rings (SSSR count). The third kappa shape index (κ3) is 3.97. The number of nitrogens with one attached hydrogen (secondary N) is 1. The summed E-state index contributed by atoms with van der Waals surface area (Å²) in [6.07, 6.45) is 4.20. The topological polar surface area (TPSA) is 35.6 Å². The van der Waals surface area contributed by atoms with Crippen molar-refractivity contribution in [2.24, 2.45) is 0 Å². The molecule has 1 aromatic carbocycles. The Morgan fingerprint density at radius 3 is 2.60 bits per heavy atom. The molecule has 1 fully saturated rings. The second-order valence-electron chi connectivity index (χ2n) is 5.82. The van der Waals surface area contributed by atoms with Gasteiger partial charge in [0.1, 0.15) is 0 Å². The molecule has 20 heavy (non-hydrogen) atoms. The summed E-state index contributed by atoms with van der Waals surface area (Å²) in [5, 5.41) is 2.99. The summed E-state index contributed by atoms with van der Waals surface area (Å²) in [5.41, 5.74) is 2.01. The van der Waals surface area contributed by atoms with Gasteiger partial charge in [0.25, 0.3) is 0 Å². The summed E-state index contributed by atoms with van der Waals surface area (Å²) < 4.78 is 0. The Balaban J connectivity index is 1.87. The zero-order valence-electron chi connectivity index (χ0n) is 12.7. The monoisotopic (exact) mass is 275 g/mol. The number of rotatable bonds is 4. The summed E-state index contributed by atoms with van der Waals surface area (Å²) in [6.45, 7) is 1.11. The minimum Gasteiger partial charge on any atom is -0.378 e. The van der Waals surface area contributed by atoms with E-state index in [4.69, 9.17) is 0 Å². The lowest BCUT2D eigenvalue weighted by molar-refractivity contribution is -0.117. The zero-order valence-corrected chi connectivity index (χ0v) is 12.7. The van der Waals surface area contributed by atoms with E-state index in [1.807, 2.05) is 43.3 Å². The first kappa shape index (κ1) is 14.9. The van der Waals surface area contributed by atoms with Crippen LogP contribution in [-0.4, -0.2) is 44.5 Å². The average Bonchev–Trinajstić information content (AvgIpc) is 2.42. The molecule has 0 radical (unpaired) electrons. The number of likely N-dealkylation sites (tertiary alicyclic amines) is 1. The van der Waals surface area contributed by atoms with Crippen LogP contribution >= 0.6 is 0 Å².